The molecular weight excluding hydrogens is 320 g/mol. The Labute approximate surface area is 142 Å². The Balaban J connectivity index is 2.77. The van der Waals surface area contributed by atoms with E-state index in [-0.39, 0.29) is 12.5 Å². The topological polar surface area (TPSA) is 93.1 Å². The Kier molecular flexibility index (Phi) is 8.86. The fourth-order valence-electron chi connectivity index (χ4n) is 2.15. The largest absolute Gasteiger partial charge is 0.396 e. The van der Waals surface area contributed by atoms with Gasteiger partial charge in [0.15, 0.2) is 10.2 Å². The smallest absolute Gasteiger partial charge is 0.186 e. The van der Waals surface area contributed by atoms with Gasteiger partial charge in [0.05, 0.1) is 11.4 Å². The van der Waals surface area contributed by atoms with Crippen LogP contribution >= 0.6 is 24.4 Å². The van der Waals surface area contributed by atoms with Gasteiger partial charge < -0.3 is 15.7 Å². The van der Waals surface area contributed by atoms with Crippen molar-refractivity contribution in [3.05, 3.63) is 0 Å². The highest BCUT2D eigenvalue weighted by molar-refractivity contribution is 7.80. The van der Waals surface area contributed by atoms with Crippen LogP contribution in [0, 0.1) is 5.92 Å². The predicted octanol–water partition coefficient (Wildman–Crippen LogP) is 0.459. The van der Waals surface area contributed by atoms with E-state index in [0.29, 0.717) is 16.6 Å². The summed E-state index contributed by atoms with van der Waals surface area (Å²) >= 11 is 10.2. The first-order valence-electron chi connectivity index (χ1n) is 7.45. The molecule has 0 heterocycles. The van der Waals surface area contributed by atoms with Crippen LogP contribution in [0.4, 0.5) is 0 Å². The van der Waals surface area contributed by atoms with Crippen molar-refractivity contribution in [1.82, 2.24) is 21.5 Å². The van der Waals surface area contributed by atoms with E-state index >= 15 is 0 Å². The first kappa shape index (κ1) is 18.7. The third-order valence-electron chi connectivity index (χ3n) is 3.13. The third kappa shape index (κ3) is 6.20. The zero-order valence-electron chi connectivity index (χ0n) is 13.0. The molecule has 124 valence electrons. The van der Waals surface area contributed by atoms with Gasteiger partial charge in [0.25, 0.3) is 0 Å². The van der Waals surface area contributed by atoms with Gasteiger partial charge in [-0.05, 0) is 57.5 Å². The molecule has 0 unspecified atom stereocenters. The van der Waals surface area contributed by atoms with E-state index in [0.717, 1.165) is 37.4 Å². The van der Waals surface area contributed by atoms with Gasteiger partial charge in [-0.15, -0.1) is 0 Å². The lowest BCUT2D eigenvalue weighted by atomic mass is 10.0. The molecule has 0 aromatic rings. The molecule has 1 aliphatic carbocycles. The monoisotopic (exact) mass is 344 g/mol. The molecule has 1 fully saturated rings. The molecule has 1 aliphatic rings. The van der Waals surface area contributed by atoms with Crippen molar-refractivity contribution in [2.75, 3.05) is 19.7 Å². The Morgan fingerprint density at radius 3 is 2.27 bits per heavy atom. The quantitative estimate of drug-likeness (QED) is 0.353. The number of nitrogens with one attached hydrogen (secondary N) is 4. The summed E-state index contributed by atoms with van der Waals surface area (Å²) in [5.74, 6) is 0.176. The molecule has 0 aliphatic heterocycles. The van der Waals surface area contributed by atoms with Crippen LogP contribution in [-0.4, -0.2) is 46.5 Å². The Hall–Kier alpha value is -1.32. The lowest BCUT2D eigenvalue weighted by Gasteiger charge is -2.11. The van der Waals surface area contributed by atoms with Crippen molar-refractivity contribution in [2.24, 2.45) is 16.1 Å². The minimum absolute atomic E-state index is 0.123. The number of rotatable bonds is 6. The maximum absolute atomic E-state index is 9.18. The summed E-state index contributed by atoms with van der Waals surface area (Å²) in [4.78, 5) is 0. The molecule has 0 bridgehead atoms. The summed E-state index contributed by atoms with van der Waals surface area (Å²) in [6, 6.07) is 0. The average Bonchev–Trinajstić information content (AvgIpc) is 2.86. The normalized spacial score (nSPS) is 21.0. The zero-order chi connectivity index (χ0) is 16.4. The minimum Gasteiger partial charge on any atom is -0.396 e. The molecule has 0 aromatic heterocycles. The van der Waals surface area contributed by atoms with Crippen molar-refractivity contribution >= 4 is 46.1 Å². The summed E-state index contributed by atoms with van der Waals surface area (Å²) in [7, 11) is 0. The number of aliphatic hydroxyl groups is 1. The molecule has 9 heteroatoms. The zero-order valence-corrected chi connectivity index (χ0v) is 14.6. The van der Waals surface area contributed by atoms with Crippen molar-refractivity contribution < 1.29 is 5.11 Å². The number of hydrogen-bond donors (Lipinski definition) is 5. The van der Waals surface area contributed by atoms with Gasteiger partial charge in [-0.2, -0.15) is 10.2 Å². The highest BCUT2D eigenvalue weighted by Gasteiger charge is 2.28. The van der Waals surface area contributed by atoms with Crippen LogP contribution in [0.15, 0.2) is 10.2 Å². The summed E-state index contributed by atoms with van der Waals surface area (Å²) in [6.07, 6.45) is 2.36. The maximum Gasteiger partial charge on any atom is 0.186 e. The molecule has 7 nitrogen and oxygen atoms in total. The van der Waals surface area contributed by atoms with Crippen molar-refractivity contribution in [3.8, 4) is 0 Å². The maximum atomic E-state index is 9.18. The van der Waals surface area contributed by atoms with E-state index in [1.54, 1.807) is 0 Å². The molecule has 0 spiro atoms. The number of hydrogen-bond acceptors (Lipinski definition) is 5. The van der Waals surface area contributed by atoms with Gasteiger partial charge in [-0.3, -0.25) is 10.9 Å². The highest BCUT2D eigenvalue weighted by Crippen LogP contribution is 2.23. The van der Waals surface area contributed by atoms with Crippen molar-refractivity contribution in [2.45, 2.75) is 33.1 Å². The van der Waals surface area contributed by atoms with Gasteiger partial charge in [0.2, 0.25) is 0 Å². The van der Waals surface area contributed by atoms with Gasteiger partial charge in [-0.1, -0.05) is 0 Å². The molecule has 1 rings (SSSR count). The lowest BCUT2D eigenvalue weighted by Crippen LogP contribution is -2.35. The molecule has 0 radical (unpaired) electrons. The number of nitrogens with zero attached hydrogens (tertiary/aromatic N) is 2. The molecule has 0 saturated heterocycles. The van der Waals surface area contributed by atoms with E-state index in [1.165, 1.54) is 0 Å². The van der Waals surface area contributed by atoms with Crippen LogP contribution in [0.3, 0.4) is 0 Å². The molecule has 1 atom stereocenters. The Morgan fingerprint density at radius 2 is 1.73 bits per heavy atom. The molecule has 22 heavy (non-hydrogen) atoms. The van der Waals surface area contributed by atoms with Crippen molar-refractivity contribution in [3.63, 3.8) is 0 Å². The number of hydrazone groups is 2. The molecular formula is C13H24N6OS2. The predicted molar refractivity (Wildman–Crippen MR) is 98.1 cm³/mol. The molecule has 0 aromatic carbocycles. The van der Waals surface area contributed by atoms with Crippen LogP contribution in [0.5, 0.6) is 0 Å². The first-order valence-corrected chi connectivity index (χ1v) is 8.27. The van der Waals surface area contributed by atoms with Gasteiger partial charge >= 0.3 is 0 Å². The van der Waals surface area contributed by atoms with E-state index in [4.69, 9.17) is 24.4 Å². The Morgan fingerprint density at radius 1 is 1.14 bits per heavy atom. The molecule has 5 N–H and O–H groups in total. The summed E-state index contributed by atoms with van der Waals surface area (Å²) < 4.78 is 0. The second kappa shape index (κ2) is 10.4. The van der Waals surface area contributed by atoms with E-state index in [9.17, 15) is 5.11 Å². The first-order chi connectivity index (χ1) is 10.6. The standard InChI is InChI=1S/C13H24N6OS2/c1-3-14-12(21)18-16-10-6-5-9(7-8-20)11(10)17-19-13(22)15-4-2/h9,20H,3-8H2,1-2H3,(H2,14,18,21)(H2,15,19,22)/b16-10+,17-11?/t9-/m1/s1. The summed E-state index contributed by atoms with van der Waals surface area (Å²) in [5.41, 5.74) is 7.30. The van der Waals surface area contributed by atoms with Crippen molar-refractivity contribution in [1.29, 1.82) is 0 Å². The number of thiocarbonyl (C=S) groups is 2. The summed E-state index contributed by atoms with van der Waals surface area (Å²) in [6.45, 7) is 5.52. The van der Waals surface area contributed by atoms with Crippen LogP contribution in [0.25, 0.3) is 0 Å². The van der Waals surface area contributed by atoms with E-state index in [2.05, 4.69) is 31.7 Å². The minimum atomic E-state index is 0.123. The fourth-order valence-corrected chi connectivity index (χ4v) is 2.53. The second-order valence-electron chi connectivity index (χ2n) is 4.75. The van der Waals surface area contributed by atoms with Gasteiger partial charge in [0.1, 0.15) is 0 Å². The Bertz CT molecular complexity index is 452. The van der Waals surface area contributed by atoms with E-state index in [1.807, 2.05) is 13.8 Å². The van der Waals surface area contributed by atoms with Crippen LogP contribution in [0.1, 0.15) is 33.1 Å². The van der Waals surface area contributed by atoms with E-state index < -0.39 is 0 Å². The van der Waals surface area contributed by atoms with Gasteiger partial charge in [0, 0.05) is 25.6 Å². The van der Waals surface area contributed by atoms with Crippen LogP contribution in [0.2, 0.25) is 0 Å². The van der Waals surface area contributed by atoms with Gasteiger partial charge in [-0.25, -0.2) is 0 Å². The molecule has 0 amide bonds. The fraction of sp³-hybridized carbons (Fsp3) is 0.692. The molecule has 1 saturated carbocycles. The third-order valence-corrected chi connectivity index (χ3v) is 3.61. The average molecular weight is 345 g/mol. The lowest BCUT2D eigenvalue weighted by molar-refractivity contribution is 0.273. The number of aliphatic hydroxyl groups excluding tert-OH is 1. The SMILES string of the molecule is CCNC(=S)NN=C1/C(=N/NC(=S)NCC)CC[C@@H]1CCO. The van der Waals surface area contributed by atoms with Crippen LogP contribution in [-0.2, 0) is 0 Å². The van der Waals surface area contributed by atoms with Crippen LogP contribution < -0.4 is 21.5 Å². The highest BCUT2D eigenvalue weighted by atomic mass is 32.1. The second-order valence-corrected chi connectivity index (χ2v) is 5.56. The summed E-state index contributed by atoms with van der Waals surface area (Å²) in [5, 5.41) is 24.8.